The van der Waals surface area contributed by atoms with Crippen LogP contribution >= 0.6 is 15.9 Å². The summed E-state index contributed by atoms with van der Waals surface area (Å²) >= 11 is 3.45. The Hall–Kier alpha value is -0.780. The maximum atomic E-state index is 9.94. The van der Waals surface area contributed by atoms with Gasteiger partial charge in [0.1, 0.15) is 11.5 Å². The quantitative estimate of drug-likeness (QED) is 0.886. The Bertz CT molecular complexity index is 406. The molecule has 0 amide bonds. The minimum absolute atomic E-state index is 0.310. The van der Waals surface area contributed by atoms with Gasteiger partial charge in [-0.05, 0) is 34.0 Å². The van der Waals surface area contributed by atoms with E-state index in [1.165, 1.54) is 0 Å². The van der Waals surface area contributed by atoms with Gasteiger partial charge in [0.2, 0.25) is 0 Å². The minimum Gasteiger partial charge on any atom is -0.508 e. The van der Waals surface area contributed by atoms with E-state index in [0.29, 0.717) is 11.5 Å². The average Bonchev–Trinajstić information content (AvgIpc) is 2.40. The zero-order valence-corrected chi connectivity index (χ0v) is 12.2. The standard InChI is InChI=1S/C13H19BrN2O2/c1-18-13-9-12(17)10(8-11(13)14)2-5-16-6-3-15-4-7-16/h8-9,15,17H,2-7H2,1H3. The van der Waals surface area contributed by atoms with Gasteiger partial charge in [-0.1, -0.05) is 0 Å². The first-order valence-corrected chi connectivity index (χ1v) is 6.98. The molecule has 4 nitrogen and oxygen atoms in total. The van der Waals surface area contributed by atoms with Crippen LogP contribution in [-0.4, -0.2) is 49.8 Å². The van der Waals surface area contributed by atoms with E-state index in [1.54, 1.807) is 13.2 Å². The molecular weight excluding hydrogens is 296 g/mol. The molecule has 2 rings (SSSR count). The van der Waals surface area contributed by atoms with Crippen molar-refractivity contribution in [3.05, 3.63) is 22.2 Å². The fourth-order valence-electron chi connectivity index (χ4n) is 2.15. The second kappa shape index (κ2) is 6.41. The lowest BCUT2D eigenvalue weighted by Gasteiger charge is -2.27. The molecule has 5 heteroatoms. The number of hydrogen-bond acceptors (Lipinski definition) is 4. The van der Waals surface area contributed by atoms with Gasteiger partial charge >= 0.3 is 0 Å². The van der Waals surface area contributed by atoms with Crippen LogP contribution in [-0.2, 0) is 6.42 Å². The van der Waals surface area contributed by atoms with E-state index in [9.17, 15) is 5.11 Å². The molecule has 1 aromatic carbocycles. The summed E-state index contributed by atoms with van der Waals surface area (Å²) in [7, 11) is 1.60. The number of hydrogen-bond donors (Lipinski definition) is 2. The first kappa shape index (κ1) is 13.6. The van der Waals surface area contributed by atoms with Crippen LogP contribution in [0.3, 0.4) is 0 Å². The summed E-state index contributed by atoms with van der Waals surface area (Å²) in [6, 6.07) is 3.60. The molecule has 1 aromatic rings. The van der Waals surface area contributed by atoms with Crippen LogP contribution in [0.1, 0.15) is 5.56 Å². The number of rotatable bonds is 4. The predicted octanol–water partition coefficient (Wildman–Crippen LogP) is 1.61. The topological polar surface area (TPSA) is 44.7 Å². The highest BCUT2D eigenvalue weighted by molar-refractivity contribution is 9.10. The van der Waals surface area contributed by atoms with E-state index in [0.717, 1.165) is 49.2 Å². The number of ether oxygens (including phenoxy) is 1. The van der Waals surface area contributed by atoms with Crippen molar-refractivity contribution in [1.29, 1.82) is 0 Å². The molecule has 0 saturated carbocycles. The summed E-state index contributed by atoms with van der Waals surface area (Å²) in [5, 5.41) is 13.3. The lowest BCUT2D eigenvalue weighted by Crippen LogP contribution is -2.44. The van der Waals surface area contributed by atoms with Crippen molar-refractivity contribution in [3.63, 3.8) is 0 Å². The third-order valence-corrected chi connectivity index (χ3v) is 3.88. The molecule has 1 aliphatic heterocycles. The van der Waals surface area contributed by atoms with Crippen molar-refractivity contribution in [1.82, 2.24) is 10.2 Å². The molecule has 2 N–H and O–H groups in total. The van der Waals surface area contributed by atoms with Gasteiger partial charge in [0.15, 0.2) is 0 Å². The van der Waals surface area contributed by atoms with Gasteiger partial charge in [0.05, 0.1) is 11.6 Å². The van der Waals surface area contributed by atoms with E-state index in [4.69, 9.17) is 4.74 Å². The van der Waals surface area contributed by atoms with E-state index in [-0.39, 0.29) is 0 Å². The van der Waals surface area contributed by atoms with Gasteiger partial charge in [0, 0.05) is 38.8 Å². The highest BCUT2D eigenvalue weighted by atomic mass is 79.9. The number of aromatic hydroxyl groups is 1. The van der Waals surface area contributed by atoms with Gasteiger partial charge in [-0.2, -0.15) is 0 Å². The molecule has 0 spiro atoms. The molecule has 1 saturated heterocycles. The molecule has 0 atom stereocenters. The number of phenols is 1. The van der Waals surface area contributed by atoms with Crippen LogP contribution in [0.4, 0.5) is 0 Å². The lowest BCUT2D eigenvalue weighted by molar-refractivity contribution is 0.243. The molecule has 0 aromatic heterocycles. The summed E-state index contributed by atoms with van der Waals surface area (Å²) in [5.74, 6) is 0.976. The Morgan fingerprint density at radius 1 is 1.39 bits per heavy atom. The number of nitrogens with one attached hydrogen (secondary N) is 1. The average molecular weight is 315 g/mol. The molecule has 1 aliphatic rings. The van der Waals surface area contributed by atoms with E-state index in [2.05, 4.69) is 26.1 Å². The molecule has 18 heavy (non-hydrogen) atoms. The second-order valence-electron chi connectivity index (χ2n) is 4.46. The number of methoxy groups -OCH3 is 1. The van der Waals surface area contributed by atoms with Crippen molar-refractivity contribution < 1.29 is 9.84 Å². The maximum Gasteiger partial charge on any atom is 0.136 e. The first-order valence-electron chi connectivity index (χ1n) is 6.19. The van der Waals surface area contributed by atoms with Crippen molar-refractivity contribution in [3.8, 4) is 11.5 Å². The molecule has 0 radical (unpaired) electrons. The lowest BCUT2D eigenvalue weighted by atomic mass is 10.1. The zero-order chi connectivity index (χ0) is 13.0. The van der Waals surface area contributed by atoms with Crippen LogP contribution in [0.2, 0.25) is 0 Å². The molecule has 0 bridgehead atoms. The molecule has 1 heterocycles. The first-order chi connectivity index (χ1) is 8.70. The van der Waals surface area contributed by atoms with Gasteiger partial charge < -0.3 is 20.1 Å². The van der Waals surface area contributed by atoms with Crippen LogP contribution in [0, 0.1) is 0 Å². The van der Waals surface area contributed by atoms with E-state index in [1.807, 2.05) is 6.07 Å². The Morgan fingerprint density at radius 3 is 2.78 bits per heavy atom. The highest BCUT2D eigenvalue weighted by Gasteiger charge is 2.12. The fourth-order valence-corrected chi connectivity index (χ4v) is 2.71. The monoisotopic (exact) mass is 314 g/mol. The van der Waals surface area contributed by atoms with Crippen LogP contribution in [0.15, 0.2) is 16.6 Å². The minimum atomic E-state index is 0.310. The van der Waals surface area contributed by atoms with Crippen molar-refractivity contribution in [2.75, 3.05) is 39.8 Å². The Labute approximate surface area is 116 Å². The molecule has 0 unspecified atom stereocenters. The third kappa shape index (κ3) is 3.37. The van der Waals surface area contributed by atoms with E-state index >= 15 is 0 Å². The van der Waals surface area contributed by atoms with Crippen molar-refractivity contribution in [2.24, 2.45) is 0 Å². The largest absolute Gasteiger partial charge is 0.508 e. The molecule has 100 valence electrons. The smallest absolute Gasteiger partial charge is 0.136 e. The van der Waals surface area contributed by atoms with Gasteiger partial charge in [-0.15, -0.1) is 0 Å². The Balaban J connectivity index is 1.98. The number of nitrogens with zero attached hydrogens (tertiary/aromatic N) is 1. The maximum absolute atomic E-state index is 9.94. The van der Waals surface area contributed by atoms with Crippen molar-refractivity contribution in [2.45, 2.75) is 6.42 Å². The van der Waals surface area contributed by atoms with Crippen LogP contribution in [0.5, 0.6) is 11.5 Å². The van der Waals surface area contributed by atoms with Crippen LogP contribution in [0.25, 0.3) is 0 Å². The summed E-state index contributed by atoms with van der Waals surface area (Å²) in [5.41, 5.74) is 0.959. The second-order valence-corrected chi connectivity index (χ2v) is 5.31. The molecule has 0 aliphatic carbocycles. The number of benzene rings is 1. The van der Waals surface area contributed by atoms with Gasteiger partial charge in [-0.25, -0.2) is 0 Å². The number of halogens is 1. The predicted molar refractivity (Wildman–Crippen MR) is 75.4 cm³/mol. The SMILES string of the molecule is COc1cc(O)c(CCN2CCNCC2)cc1Br. The number of piperazine rings is 1. The molecular formula is C13H19BrN2O2. The van der Waals surface area contributed by atoms with Gasteiger partial charge in [0.25, 0.3) is 0 Å². The normalized spacial score (nSPS) is 16.8. The zero-order valence-electron chi connectivity index (χ0n) is 10.6. The van der Waals surface area contributed by atoms with Gasteiger partial charge in [-0.3, -0.25) is 0 Å². The summed E-state index contributed by atoms with van der Waals surface area (Å²) < 4.78 is 6.04. The molecule has 1 fully saturated rings. The fraction of sp³-hybridized carbons (Fsp3) is 0.538. The third-order valence-electron chi connectivity index (χ3n) is 3.26. The van der Waals surface area contributed by atoms with Crippen molar-refractivity contribution >= 4 is 15.9 Å². The number of phenolic OH excluding ortho intramolecular Hbond substituents is 1. The summed E-state index contributed by atoms with van der Waals surface area (Å²) in [4.78, 5) is 2.41. The summed E-state index contributed by atoms with van der Waals surface area (Å²) in [6.07, 6.45) is 0.856. The Morgan fingerprint density at radius 2 is 2.11 bits per heavy atom. The van der Waals surface area contributed by atoms with E-state index < -0.39 is 0 Å². The summed E-state index contributed by atoms with van der Waals surface area (Å²) in [6.45, 7) is 5.25. The highest BCUT2D eigenvalue weighted by Crippen LogP contribution is 2.32. The van der Waals surface area contributed by atoms with Crippen LogP contribution < -0.4 is 10.1 Å². The Kier molecular flexibility index (Phi) is 4.86.